The summed E-state index contributed by atoms with van der Waals surface area (Å²) in [5.74, 6) is 0.268. The lowest BCUT2D eigenvalue weighted by atomic mass is 10.2. The van der Waals surface area contributed by atoms with E-state index in [9.17, 15) is 22.8 Å². The van der Waals surface area contributed by atoms with E-state index in [2.05, 4.69) is 19.9 Å². The predicted octanol–water partition coefficient (Wildman–Crippen LogP) is 5.75. The number of hydrogen-bond acceptors (Lipinski definition) is 10. The molecule has 43 heavy (non-hydrogen) atoms. The number of allylic oxidation sites excluding steroid dienone is 3. The van der Waals surface area contributed by atoms with Crippen LogP contribution in [0.15, 0.2) is 23.0 Å². The minimum Gasteiger partial charge on any atom is -0.443 e. The van der Waals surface area contributed by atoms with Crippen LogP contribution >= 0.6 is 11.6 Å². The third kappa shape index (κ3) is 8.22. The first-order valence-corrected chi connectivity index (χ1v) is 13.8. The normalized spacial score (nSPS) is 16.5. The third-order valence-electron chi connectivity index (χ3n) is 5.79. The molecule has 234 valence electrons. The molecule has 2 aromatic heterocycles. The highest BCUT2D eigenvalue weighted by atomic mass is 35.5. The van der Waals surface area contributed by atoms with E-state index in [-0.39, 0.29) is 34.5 Å². The second kappa shape index (κ2) is 12.1. The summed E-state index contributed by atoms with van der Waals surface area (Å²) < 4.78 is 57.4. The van der Waals surface area contributed by atoms with Crippen LogP contribution in [0.25, 0.3) is 16.7 Å². The fourth-order valence-corrected chi connectivity index (χ4v) is 4.34. The molecule has 0 radical (unpaired) electrons. The topological polar surface area (TPSA) is 124 Å². The van der Waals surface area contributed by atoms with Gasteiger partial charge in [-0.15, -0.1) is 0 Å². The summed E-state index contributed by atoms with van der Waals surface area (Å²) in [6, 6.07) is 0. The molecule has 0 N–H and O–H groups in total. The molecule has 0 aliphatic carbocycles. The van der Waals surface area contributed by atoms with Crippen LogP contribution in [0.4, 0.5) is 28.6 Å². The Morgan fingerprint density at radius 1 is 0.977 bits per heavy atom. The first-order chi connectivity index (χ1) is 19.9. The molecule has 0 spiro atoms. The van der Waals surface area contributed by atoms with E-state index in [1.807, 2.05) is 4.90 Å². The molecule has 12 nitrogen and oxygen atoms in total. The van der Waals surface area contributed by atoms with Crippen LogP contribution in [0.2, 0.25) is 5.28 Å². The van der Waals surface area contributed by atoms with Crippen LogP contribution in [-0.2, 0) is 20.8 Å². The number of imidazole rings is 1. The number of anilines is 1. The molecule has 0 saturated carbocycles. The van der Waals surface area contributed by atoms with Gasteiger partial charge in [0.2, 0.25) is 5.28 Å². The molecule has 16 heteroatoms. The maximum atomic E-state index is 13.4. The standard InChI is InChI=1S/C27H33ClF3N7O5/c1-25(2,3)42-23(39)38(24(40)43-26(4,5)6)17-9-7-8-16(14-32-17)19-34-20(36-10-12-41-13-11-36)18-21(35-19)37(22(28)33-18)15-27(29,30)31/h8-9,14H,7,10-13,15H2,1-6H3. The molecule has 0 atom stereocenters. The quantitative estimate of drug-likeness (QED) is 0.390. The SMILES string of the molecule is CC(C)(C)OC(=O)N(C(=O)OC(C)(C)C)C1=CCC=C(c2nc(N3CCOCC3)c3nc(Cl)n(CC(F)(F)F)c3n2)C=N1. The van der Waals surface area contributed by atoms with Crippen LogP contribution in [0.5, 0.6) is 0 Å². The lowest BCUT2D eigenvalue weighted by molar-refractivity contribution is -0.140. The Morgan fingerprint density at radius 2 is 1.58 bits per heavy atom. The van der Waals surface area contributed by atoms with Gasteiger partial charge in [0, 0.05) is 24.9 Å². The molecular formula is C27H33ClF3N7O5. The highest BCUT2D eigenvalue weighted by Crippen LogP contribution is 2.32. The Kier molecular flexibility index (Phi) is 9.07. The number of carbonyl (C=O) groups is 2. The number of aliphatic imine (C=N–C) groups is 1. The van der Waals surface area contributed by atoms with Gasteiger partial charge in [-0.25, -0.2) is 29.5 Å². The zero-order valence-corrected chi connectivity index (χ0v) is 25.4. The number of carbonyl (C=O) groups excluding carboxylic acids is 2. The van der Waals surface area contributed by atoms with Gasteiger partial charge >= 0.3 is 18.4 Å². The first-order valence-electron chi connectivity index (χ1n) is 13.5. The molecule has 4 heterocycles. The maximum Gasteiger partial charge on any atom is 0.425 e. The molecule has 0 aromatic carbocycles. The molecule has 2 amide bonds. The van der Waals surface area contributed by atoms with E-state index in [1.54, 1.807) is 47.6 Å². The Balaban J connectivity index is 1.75. The lowest BCUT2D eigenvalue weighted by Gasteiger charge is -2.28. The maximum absolute atomic E-state index is 13.4. The van der Waals surface area contributed by atoms with Crippen molar-refractivity contribution in [2.75, 3.05) is 31.2 Å². The van der Waals surface area contributed by atoms with Gasteiger partial charge in [-0.05, 0) is 65.6 Å². The summed E-state index contributed by atoms with van der Waals surface area (Å²) in [4.78, 5) is 46.2. The van der Waals surface area contributed by atoms with Crippen LogP contribution in [0.3, 0.4) is 0 Å². The number of halogens is 4. The Bertz CT molecular complexity index is 1450. The monoisotopic (exact) mass is 627 g/mol. The van der Waals surface area contributed by atoms with E-state index in [0.717, 1.165) is 4.57 Å². The lowest BCUT2D eigenvalue weighted by Crippen LogP contribution is -2.42. The third-order valence-corrected chi connectivity index (χ3v) is 6.08. The summed E-state index contributed by atoms with van der Waals surface area (Å²) in [5, 5.41) is -0.383. The highest BCUT2D eigenvalue weighted by molar-refractivity contribution is 6.29. The van der Waals surface area contributed by atoms with Gasteiger partial charge in [-0.3, -0.25) is 4.57 Å². The summed E-state index contributed by atoms with van der Waals surface area (Å²) in [7, 11) is 0. The van der Waals surface area contributed by atoms with Gasteiger partial charge in [0.25, 0.3) is 0 Å². The van der Waals surface area contributed by atoms with Gasteiger partial charge in [0.1, 0.15) is 23.6 Å². The molecule has 2 aromatic rings. The average Bonchev–Trinajstić information content (AvgIpc) is 3.01. The van der Waals surface area contributed by atoms with Crippen molar-refractivity contribution in [1.82, 2.24) is 24.4 Å². The van der Waals surface area contributed by atoms with Crippen molar-refractivity contribution in [3.8, 4) is 0 Å². The minimum atomic E-state index is -4.59. The molecule has 0 unspecified atom stereocenters. The smallest absolute Gasteiger partial charge is 0.425 e. The number of ether oxygens (including phenoxy) is 3. The number of rotatable bonds is 4. The van der Waals surface area contributed by atoms with Gasteiger partial charge in [-0.2, -0.15) is 18.1 Å². The van der Waals surface area contributed by atoms with Crippen LogP contribution in [0, 0.1) is 0 Å². The molecule has 2 aliphatic heterocycles. The number of hydrogen-bond donors (Lipinski definition) is 0. The van der Waals surface area contributed by atoms with E-state index >= 15 is 0 Å². The van der Waals surface area contributed by atoms with Crippen molar-refractivity contribution < 1.29 is 37.0 Å². The van der Waals surface area contributed by atoms with Gasteiger partial charge < -0.3 is 19.1 Å². The van der Waals surface area contributed by atoms with Crippen molar-refractivity contribution >= 4 is 52.6 Å². The molecule has 1 saturated heterocycles. The number of imide groups is 1. The zero-order chi connectivity index (χ0) is 31.7. The van der Waals surface area contributed by atoms with E-state index in [0.29, 0.717) is 42.6 Å². The van der Waals surface area contributed by atoms with E-state index < -0.39 is 36.1 Å². The number of morpholine rings is 1. The van der Waals surface area contributed by atoms with Crippen LogP contribution in [-0.4, -0.2) is 86.5 Å². The van der Waals surface area contributed by atoms with Crippen molar-refractivity contribution in [2.45, 2.75) is 71.9 Å². The molecular weight excluding hydrogens is 595 g/mol. The highest BCUT2D eigenvalue weighted by Gasteiger charge is 2.35. The largest absolute Gasteiger partial charge is 0.443 e. The predicted molar refractivity (Wildman–Crippen MR) is 153 cm³/mol. The number of nitrogens with zero attached hydrogens (tertiary/aromatic N) is 7. The average molecular weight is 628 g/mol. The number of amides is 2. The fraction of sp³-hybridized carbons (Fsp3) is 0.556. The van der Waals surface area contributed by atoms with Crippen molar-refractivity contribution in [1.29, 1.82) is 0 Å². The summed E-state index contributed by atoms with van der Waals surface area (Å²) in [5.41, 5.74) is -1.51. The Morgan fingerprint density at radius 3 is 2.14 bits per heavy atom. The number of aromatic nitrogens is 4. The number of alkyl halides is 3. The second-order valence-electron chi connectivity index (χ2n) is 11.7. The summed E-state index contributed by atoms with van der Waals surface area (Å²) in [6.07, 6.45) is -1.94. The summed E-state index contributed by atoms with van der Waals surface area (Å²) >= 11 is 6.15. The second-order valence-corrected chi connectivity index (χ2v) is 12.1. The van der Waals surface area contributed by atoms with Crippen molar-refractivity contribution in [2.24, 2.45) is 4.99 Å². The fourth-order valence-electron chi connectivity index (χ4n) is 4.11. The van der Waals surface area contributed by atoms with E-state index in [4.69, 9.17) is 25.8 Å². The Labute approximate surface area is 251 Å². The molecule has 1 fully saturated rings. The molecule has 4 rings (SSSR count). The van der Waals surface area contributed by atoms with Crippen molar-refractivity contribution in [3.63, 3.8) is 0 Å². The zero-order valence-electron chi connectivity index (χ0n) is 24.7. The van der Waals surface area contributed by atoms with Crippen LogP contribution < -0.4 is 4.90 Å². The Hall–Kier alpha value is -3.72. The van der Waals surface area contributed by atoms with Gasteiger partial charge in [0.05, 0.1) is 13.2 Å². The minimum absolute atomic E-state index is 0.0495. The number of fused-ring (bicyclic) bond motifs is 1. The van der Waals surface area contributed by atoms with E-state index in [1.165, 1.54) is 12.3 Å². The van der Waals surface area contributed by atoms with Crippen molar-refractivity contribution in [3.05, 3.63) is 29.1 Å². The van der Waals surface area contributed by atoms with Crippen LogP contribution in [0.1, 0.15) is 53.8 Å². The molecule has 2 aliphatic rings. The van der Waals surface area contributed by atoms with Gasteiger partial charge in [0.15, 0.2) is 22.8 Å². The summed E-state index contributed by atoms with van der Waals surface area (Å²) in [6.45, 7) is 10.1. The molecule has 0 bridgehead atoms. The first kappa shape index (κ1) is 32.2. The van der Waals surface area contributed by atoms with Gasteiger partial charge in [-0.1, -0.05) is 6.08 Å².